The minimum absolute atomic E-state index is 0.00100. The van der Waals surface area contributed by atoms with Gasteiger partial charge < -0.3 is 20.3 Å². The highest BCUT2D eigenvalue weighted by Crippen LogP contribution is 2.40. The molecule has 0 aliphatic heterocycles. The van der Waals surface area contributed by atoms with Crippen LogP contribution in [-0.2, 0) is 16.0 Å². The number of rotatable bonds is 11. The lowest BCUT2D eigenvalue weighted by Crippen LogP contribution is -2.44. The van der Waals surface area contributed by atoms with Crippen molar-refractivity contribution in [3.63, 3.8) is 0 Å². The number of carbonyl (C=O) groups excluding carboxylic acids is 1. The van der Waals surface area contributed by atoms with Gasteiger partial charge in [0.05, 0.1) is 0 Å². The summed E-state index contributed by atoms with van der Waals surface area (Å²) in [6.45, 7) is 5.42. The van der Waals surface area contributed by atoms with Crippen molar-refractivity contribution in [2.75, 3.05) is 46.9 Å². The minimum Gasteiger partial charge on any atom is -0.382 e. The Labute approximate surface area is 176 Å². The number of nitrogens with one attached hydrogen (secondary N) is 2. The van der Waals surface area contributed by atoms with Gasteiger partial charge in [0.2, 0.25) is 5.91 Å². The van der Waals surface area contributed by atoms with Gasteiger partial charge in [0.15, 0.2) is 5.96 Å². The molecule has 2 N–H and O–H groups in total. The zero-order valence-electron chi connectivity index (χ0n) is 18.4. The van der Waals surface area contributed by atoms with E-state index < -0.39 is 0 Å². The Kier molecular flexibility index (Phi) is 9.98. The van der Waals surface area contributed by atoms with Crippen molar-refractivity contribution in [1.82, 2.24) is 15.5 Å². The molecule has 1 aromatic rings. The molecule has 0 spiro atoms. The number of nitrogens with zero attached hydrogens (tertiary/aromatic N) is 2. The summed E-state index contributed by atoms with van der Waals surface area (Å²) in [7, 11) is 3.52. The third-order valence-corrected chi connectivity index (χ3v) is 5.70. The van der Waals surface area contributed by atoms with Crippen LogP contribution in [0.4, 0.5) is 0 Å². The van der Waals surface area contributed by atoms with Gasteiger partial charge in [0.25, 0.3) is 0 Å². The summed E-state index contributed by atoms with van der Waals surface area (Å²) < 4.78 is 5.62. The van der Waals surface area contributed by atoms with Crippen LogP contribution < -0.4 is 10.6 Å². The highest BCUT2D eigenvalue weighted by molar-refractivity contribution is 5.84. The number of guanidine groups is 1. The van der Waals surface area contributed by atoms with Crippen LogP contribution in [0.3, 0.4) is 0 Å². The average Bonchev–Trinajstić information content (AvgIpc) is 3.19. The van der Waals surface area contributed by atoms with Crippen molar-refractivity contribution in [2.45, 2.75) is 45.4 Å². The molecule has 0 saturated heterocycles. The second-order valence-corrected chi connectivity index (χ2v) is 8.12. The quantitative estimate of drug-likeness (QED) is 0.339. The van der Waals surface area contributed by atoms with Crippen LogP contribution in [0.5, 0.6) is 0 Å². The fourth-order valence-electron chi connectivity index (χ4n) is 3.78. The van der Waals surface area contributed by atoms with E-state index in [1.54, 1.807) is 19.0 Å². The summed E-state index contributed by atoms with van der Waals surface area (Å²) >= 11 is 0. The summed E-state index contributed by atoms with van der Waals surface area (Å²) in [5.74, 6) is 0.722. The standard InChI is InChI=1S/C23H38N4O2/c1-4-29-17-15-23(13-8-9-14-23)19-26-22(25-18-21(28)27(2)3)24-16-12-20-10-6-5-7-11-20/h5-7,10-11H,4,8-9,12-19H2,1-3H3,(H2,24,25,26). The monoisotopic (exact) mass is 402 g/mol. The lowest BCUT2D eigenvalue weighted by molar-refractivity contribution is -0.127. The summed E-state index contributed by atoms with van der Waals surface area (Å²) in [6, 6.07) is 10.4. The van der Waals surface area contributed by atoms with Crippen molar-refractivity contribution in [3.05, 3.63) is 35.9 Å². The fourth-order valence-corrected chi connectivity index (χ4v) is 3.78. The van der Waals surface area contributed by atoms with E-state index in [4.69, 9.17) is 4.74 Å². The molecular formula is C23H38N4O2. The van der Waals surface area contributed by atoms with Gasteiger partial charge in [-0.15, -0.1) is 0 Å². The molecule has 0 atom stereocenters. The molecule has 0 bridgehead atoms. The highest BCUT2D eigenvalue weighted by atomic mass is 16.5. The van der Waals surface area contributed by atoms with Crippen molar-refractivity contribution in [3.8, 4) is 0 Å². The largest absolute Gasteiger partial charge is 0.382 e. The molecule has 1 aliphatic carbocycles. The van der Waals surface area contributed by atoms with Crippen LogP contribution in [0.2, 0.25) is 0 Å². The first kappa shape index (κ1) is 23.2. The lowest BCUT2D eigenvalue weighted by atomic mass is 9.83. The maximum Gasteiger partial charge on any atom is 0.243 e. The van der Waals surface area contributed by atoms with Crippen LogP contribution in [0.15, 0.2) is 35.3 Å². The molecule has 1 amide bonds. The van der Waals surface area contributed by atoms with Crippen LogP contribution in [-0.4, -0.2) is 63.7 Å². The average molecular weight is 403 g/mol. The fraction of sp³-hybridized carbons (Fsp3) is 0.652. The number of amides is 1. The Morgan fingerprint density at radius 3 is 2.55 bits per heavy atom. The highest BCUT2D eigenvalue weighted by Gasteiger charge is 2.33. The molecule has 1 saturated carbocycles. The Morgan fingerprint density at radius 1 is 1.17 bits per heavy atom. The molecule has 1 fully saturated rings. The number of ether oxygens (including phenoxy) is 1. The van der Waals surface area contributed by atoms with E-state index in [1.807, 2.05) is 13.0 Å². The lowest BCUT2D eigenvalue weighted by Gasteiger charge is -2.30. The Balaban J connectivity index is 1.93. The van der Waals surface area contributed by atoms with E-state index in [1.165, 1.54) is 31.2 Å². The summed E-state index contributed by atoms with van der Waals surface area (Å²) in [4.78, 5) is 18.1. The summed E-state index contributed by atoms with van der Waals surface area (Å²) in [5, 5.41) is 6.93. The maximum absolute atomic E-state index is 12.0. The van der Waals surface area contributed by atoms with Gasteiger partial charge in [-0.1, -0.05) is 43.2 Å². The van der Waals surface area contributed by atoms with Crippen molar-refractivity contribution < 1.29 is 9.53 Å². The molecule has 162 valence electrons. The number of aliphatic imine (C=N–C) groups is 1. The predicted octanol–water partition coefficient (Wildman–Crippen LogP) is 2.84. The molecule has 1 aromatic carbocycles. The number of hydrogen-bond donors (Lipinski definition) is 2. The minimum atomic E-state index is 0.00100. The summed E-state index contributed by atoms with van der Waals surface area (Å²) in [5.41, 5.74) is 1.55. The van der Waals surface area contributed by atoms with Gasteiger partial charge in [0, 0.05) is 40.4 Å². The number of carbonyl (C=O) groups is 1. The topological polar surface area (TPSA) is 66.0 Å². The van der Waals surface area contributed by atoms with E-state index in [0.29, 0.717) is 0 Å². The zero-order valence-corrected chi connectivity index (χ0v) is 18.4. The van der Waals surface area contributed by atoms with E-state index in [-0.39, 0.29) is 17.9 Å². The Morgan fingerprint density at radius 2 is 1.90 bits per heavy atom. The first-order valence-corrected chi connectivity index (χ1v) is 10.9. The van der Waals surface area contributed by atoms with E-state index >= 15 is 0 Å². The molecule has 0 aromatic heterocycles. The number of likely N-dealkylation sites (N-methyl/N-ethyl adjacent to an activating group) is 1. The van der Waals surface area contributed by atoms with Gasteiger partial charge in [0.1, 0.15) is 6.54 Å². The van der Waals surface area contributed by atoms with Gasteiger partial charge in [-0.2, -0.15) is 0 Å². The second kappa shape index (κ2) is 12.5. The first-order chi connectivity index (χ1) is 14.0. The maximum atomic E-state index is 12.0. The van der Waals surface area contributed by atoms with Gasteiger partial charge >= 0.3 is 0 Å². The second-order valence-electron chi connectivity index (χ2n) is 8.12. The molecule has 0 unspecified atom stereocenters. The SMILES string of the molecule is CCOCCC1(CNC(=NCC(=O)N(C)C)NCCc2ccccc2)CCCC1. The van der Waals surface area contributed by atoms with E-state index in [2.05, 4.69) is 39.9 Å². The number of benzene rings is 1. The van der Waals surface area contributed by atoms with Crippen molar-refractivity contribution in [2.24, 2.45) is 10.4 Å². The normalized spacial score (nSPS) is 15.9. The van der Waals surface area contributed by atoms with E-state index in [9.17, 15) is 4.79 Å². The van der Waals surface area contributed by atoms with Gasteiger partial charge in [-0.3, -0.25) is 4.79 Å². The van der Waals surface area contributed by atoms with Crippen LogP contribution in [0.1, 0.15) is 44.6 Å². The molecule has 6 nitrogen and oxygen atoms in total. The van der Waals surface area contributed by atoms with Crippen LogP contribution in [0, 0.1) is 5.41 Å². The summed E-state index contributed by atoms with van der Waals surface area (Å²) in [6.07, 6.45) is 6.99. The zero-order chi connectivity index (χ0) is 21.0. The Hall–Kier alpha value is -2.08. The molecular weight excluding hydrogens is 364 g/mol. The third kappa shape index (κ3) is 8.44. The third-order valence-electron chi connectivity index (χ3n) is 5.70. The Bertz CT molecular complexity index is 625. The predicted molar refractivity (Wildman–Crippen MR) is 119 cm³/mol. The first-order valence-electron chi connectivity index (χ1n) is 10.9. The van der Waals surface area contributed by atoms with Crippen molar-refractivity contribution >= 4 is 11.9 Å². The molecule has 0 radical (unpaired) electrons. The molecule has 0 heterocycles. The number of hydrogen-bond acceptors (Lipinski definition) is 3. The van der Waals surface area contributed by atoms with E-state index in [0.717, 1.165) is 45.1 Å². The van der Waals surface area contributed by atoms with Crippen LogP contribution >= 0.6 is 0 Å². The van der Waals surface area contributed by atoms with Gasteiger partial charge in [-0.25, -0.2) is 4.99 Å². The van der Waals surface area contributed by atoms with Crippen molar-refractivity contribution in [1.29, 1.82) is 0 Å². The molecule has 6 heteroatoms. The molecule has 1 aliphatic rings. The molecule has 2 rings (SSSR count). The molecule has 29 heavy (non-hydrogen) atoms. The van der Waals surface area contributed by atoms with Gasteiger partial charge in [-0.05, 0) is 43.6 Å². The smallest absolute Gasteiger partial charge is 0.243 e. The van der Waals surface area contributed by atoms with Crippen LogP contribution in [0.25, 0.3) is 0 Å².